The lowest BCUT2D eigenvalue weighted by Gasteiger charge is -2.43. The van der Waals surface area contributed by atoms with Crippen molar-refractivity contribution in [2.45, 2.75) is 78.8 Å². The Kier molecular flexibility index (Phi) is 6.36. The van der Waals surface area contributed by atoms with Crippen LogP contribution in [-0.2, 0) is 22.2 Å². The summed E-state index contributed by atoms with van der Waals surface area (Å²) in [7, 11) is 0. The molecule has 4 aromatic rings. The Hall–Kier alpha value is -4.01. The Morgan fingerprint density at radius 1 is 1.10 bits per heavy atom. The summed E-state index contributed by atoms with van der Waals surface area (Å²) in [5, 5.41) is 3.80. The van der Waals surface area contributed by atoms with Crippen LogP contribution in [0.3, 0.4) is 0 Å². The van der Waals surface area contributed by atoms with Gasteiger partial charge in [-0.1, -0.05) is 26.8 Å². The van der Waals surface area contributed by atoms with Gasteiger partial charge in [0.2, 0.25) is 11.9 Å². The number of aromatic nitrogens is 5. The smallest absolute Gasteiger partial charge is 0.278 e. The van der Waals surface area contributed by atoms with Gasteiger partial charge in [-0.15, -0.1) is 0 Å². The number of carbonyl (C=O) groups is 1. The van der Waals surface area contributed by atoms with Crippen LogP contribution in [0.4, 0.5) is 11.6 Å². The molecule has 0 saturated carbocycles. The number of amides is 1. The molecule has 3 aromatic heterocycles. The number of nitrogens with zero attached hydrogens (tertiary/aromatic N) is 6. The van der Waals surface area contributed by atoms with Gasteiger partial charge in [-0.2, -0.15) is 4.98 Å². The highest BCUT2D eigenvalue weighted by Gasteiger charge is 2.36. The second kappa shape index (κ2) is 9.32. The van der Waals surface area contributed by atoms with Gasteiger partial charge < -0.3 is 10.2 Å². The third kappa shape index (κ3) is 4.60. The quantitative estimate of drug-likeness (QED) is 0.390. The molecule has 1 aromatic carbocycles. The van der Waals surface area contributed by atoms with Gasteiger partial charge in [-0.05, 0) is 69.5 Å². The molecule has 0 unspecified atom stereocenters. The maximum Gasteiger partial charge on any atom is 0.278 e. The molecule has 1 aliphatic heterocycles. The lowest BCUT2D eigenvalue weighted by Crippen LogP contribution is -2.49. The first-order chi connectivity index (χ1) is 18.3. The van der Waals surface area contributed by atoms with Gasteiger partial charge in [-0.3, -0.25) is 14.6 Å². The summed E-state index contributed by atoms with van der Waals surface area (Å²) in [6, 6.07) is 9.99. The fourth-order valence-corrected chi connectivity index (χ4v) is 5.55. The highest BCUT2D eigenvalue weighted by atomic mass is 16.2. The van der Waals surface area contributed by atoms with Crippen LogP contribution in [0.15, 0.2) is 47.5 Å². The van der Waals surface area contributed by atoms with Crippen molar-refractivity contribution in [2.75, 3.05) is 11.9 Å². The summed E-state index contributed by atoms with van der Waals surface area (Å²) < 4.78 is 3.59. The number of pyridine rings is 1. The van der Waals surface area contributed by atoms with E-state index in [-0.39, 0.29) is 28.5 Å². The second-order valence-electron chi connectivity index (χ2n) is 12.1. The van der Waals surface area contributed by atoms with Crippen molar-refractivity contribution in [3.8, 4) is 5.69 Å². The third-order valence-electron chi connectivity index (χ3n) is 7.55. The van der Waals surface area contributed by atoms with E-state index >= 15 is 0 Å². The van der Waals surface area contributed by atoms with Crippen LogP contribution in [-0.4, -0.2) is 41.7 Å². The van der Waals surface area contributed by atoms with E-state index in [0.29, 0.717) is 23.5 Å². The zero-order valence-corrected chi connectivity index (χ0v) is 24.0. The standard InChI is InChI=1S/C30H37N7O2/c1-18(2)36-27(39)23-17-32-28(34-26(23)37(36)22-11-13-31-25(16-22)29(4,5)6)33-21-9-10-24-20(15-21)12-14-35(19(3)38)30(24,7)8/h9-11,13,15-18H,12,14H2,1-8H3,(H,32,33,34). The molecule has 0 radical (unpaired) electrons. The van der Waals surface area contributed by atoms with Crippen LogP contribution < -0.4 is 10.9 Å². The van der Waals surface area contributed by atoms with Gasteiger partial charge in [0.15, 0.2) is 5.65 Å². The minimum absolute atomic E-state index is 0.0813. The lowest BCUT2D eigenvalue weighted by atomic mass is 9.83. The van der Waals surface area contributed by atoms with Gasteiger partial charge in [-0.25, -0.2) is 14.3 Å². The minimum Gasteiger partial charge on any atom is -0.333 e. The molecule has 1 aliphatic rings. The molecule has 0 spiro atoms. The van der Waals surface area contributed by atoms with Crippen molar-refractivity contribution >= 4 is 28.6 Å². The average Bonchev–Trinajstić information content (AvgIpc) is 3.15. The van der Waals surface area contributed by atoms with Crippen LogP contribution in [0, 0.1) is 0 Å². The molecule has 1 amide bonds. The van der Waals surface area contributed by atoms with Crippen molar-refractivity contribution in [1.82, 2.24) is 29.2 Å². The van der Waals surface area contributed by atoms with Gasteiger partial charge in [0.05, 0.1) is 11.2 Å². The second-order valence-corrected chi connectivity index (χ2v) is 12.1. The highest BCUT2D eigenvalue weighted by molar-refractivity contribution is 5.78. The van der Waals surface area contributed by atoms with E-state index in [9.17, 15) is 9.59 Å². The van der Waals surface area contributed by atoms with E-state index in [0.717, 1.165) is 29.1 Å². The first-order valence-corrected chi connectivity index (χ1v) is 13.4. The molecule has 0 aliphatic carbocycles. The number of rotatable bonds is 4. The monoisotopic (exact) mass is 527 g/mol. The molecular formula is C30H37N7O2. The molecule has 204 valence electrons. The van der Waals surface area contributed by atoms with Gasteiger partial charge >= 0.3 is 0 Å². The Morgan fingerprint density at radius 3 is 2.51 bits per heavy atom. The predicted molar refractivity (Wildman–Crippen MR) is 154 cm³/mol. The van der Waals surface area contributed by atoms with Crippen LogP contribution in [0.1, 0.15) is 78.3 Å². The van der Waals surface area contributed by atoms with Gasteiger partial charge in [0, 0.05) is 48.7 Å². The first-order valence-electron chi connectivity index (χ1n) is 13.4. The molecule has 39 heavy (non-hydrogen) atoms. The van der Waals surface area contributed by atoms with E-state index in [1.54, 1.807) is 24.0 Å². The van der Waals surface area contributed by atoms with Crippen LogP contribution in [0.5, 0.6) is 0 Å². The van der Waals surface area contributed by atoms with Crippen molar-refractivity contribution in [3.05, 3.63) is 69.9 Å². The molecule has 0 bridgehead atoms. The molecule has 0 fully saturated rings. The van der Waals surface area contributed by atoms with E-state index in [4.69, 9.17) is 4.98 Å². The molecule has 4 heterocycles. The average molecular weight is 528 g/mol. The number of fused-ring (bicyclic) bond motifs is 2. The maximum atomic E-state index is 13.4. The molecule has 9 heteroatoms. The van der Waals surface area contributed by atoms with Crippen LogP contribution in [0.2, 0.25) is 0 Å². The number of hydrogen-bond acceptors (Lipinski definition) is 6. The third-order valence-corrected chi connectivity index (χ3v) is 7.55. The Balaban J connectivity index is 1.58. The fourth-order valence-electron chi connectivity index (χ4n) is 5.55. The van der Waals surface area contributed by atoms with Gasteiger partial charge in [0.25, 0.3) is 5.56 Å². The Morgan fingerprint density at radius 2 is 1.85 bits per heavy atom. The van der Waals surface area contributed by atoms with E-state index in [1.807, 2.05) is 41.6 Å². The zero-order chi connectivity index (χ0) is 28.3. The van der Waals surface area contributed by atoms with Crippen molar-refractivity contribution in [3.63, 3.8) is 0 Å². The summed E-state index contributed by atoms with van der Waals surface area (Å²) in [6.45, 7) is 16.8. The summed E-state index contributed by atoms with van der Waals surface area (Å²) >= 11 is 0. The Labute approximate surface area is 228 Å². The summed E-state index contributed by atoms with van der Waals surface area (Å²) in [5.74, 6) is 0.486. The lowest BCUT2D eigenvalue weighted by molar-refractivity contribution is -0.135. The number of nitrogens with one attached hydrogen (secondary N) is 1. The molecule has 9 nitrogen and oxygen atoms in total. The van der Waals surface area contributed by atoms with E-state index < -0.39 is 0 Å². The SMILES string of the molecule is CC(=O)N1CCc2cc(Nc3ncc4c(=O)n(C(C)C)n(-c5ccnc(C(C)(C)C)c5)c4n3)ccc2C1(C)C. The maximum absolute atomic E-state index is 13.4. The van der Waals surface area contributed by atoms with Crippen LogP contribution in [0.25, 0.3) is 16.7 Å². The molecule has 0 atom stereocenters. The zero-order valence-electron chi connectivity index (χ0n) is 24.0. The fraction of sp³-hybridized carbons (Fsp3) is 0.433. The minimum atomic E-state index is -0.375. The highest BCUT2D eigenvalue weighted by Crippen LogP contribution is 2.36. The number of benzene rings is 1. The van der Waals surface area contributed by atoms with E-state index in [1.165, 1.54) is 5.56 Å². The summed E-state index contributed by atoms with van der Waals surface area (Å²) in [6.07, 6.45) is 4.16. The number of carbonyl (C=O) groups excluding carboxylic acids is 1. The summed E-state index contributed by atoms with van der Waals surface area (Å²) in [5.41, 5.74) is 4.82. The summed E-state index contributed by atoms with van der Waals surface area (Å²) in [4.78, 5) is 41.4. The number of anilines is 2. The first kappa shape index (κ1) is 26.6. The topological polar surface area (TPSA) is 97.9 Å². The molecule has 5 rings (SSSR count). The normalized spacial score (nSPS) is 15.1. The van der Waals surface area contributed by atoms with Crippen molar-refractivity contribution in [2.24, 2.45) is 0 Å². The van der Waals surface area contributed by atoms with Crippen molar-refractivity contribution in [1.29, 1.82) is 0 Å². The Bertz CT molecular complexity index is 1640. The van der Waals surface area contributed by atoms with E-state index in [2.05, 4.69) is 62.0 Å². The largest absolute Gasteiger partial charge is 0.333 e. The van der Waals surface area contributed by atoms with Gasteiger partial charge in [0.1, 0.15) is 5.39 Å². The van der Waals surface area contributed by atoms with Crippen LogP contribution >= 0.6 is 0 Å². The molecular weight excluding hydrogens is 490 g/mol. The van der Waals surface area contributed by atoms with Crippen molar-refractivity contribution < 1.29 is 4.79 Å². The molecule has 1 N–H and O–H groups in total. The molecule has 0 saturated heterocycles. The number of hydrogen-bond donors (Lipinski definition) is 1. The predicted octanol–water partition coefficient (Wildman–Crippen LogP) is 5.24.